The van der Waals surface area contributed by atoms with Gasteiger partial charge in [-0.15, -0.1) is 11.3 Å². The molecule has 0 saturated heterocycles. The Balaban J connectivity index is 1.57. The number of benzene rings is 3. The van der Waals surface area contributed by atoms with Gasteiger partial charge >= 0.3 is 5.97 Å². The lowest BCUT2D eigenvalue weighted by molar-refractivity contribution is -0.124. The van der Waals surface area contributed by atoms with Gasteiger partial charge in [-0.3, -0.25) is 4.79 Å². The minimum atomic E-state index is -2.11. The number of thiophene rings is 1. The van der Waals surface area contributed by atoms with E-state index in [0.29, 0.717) is 49.7 Å². The molecule has 1 aliphatic rings. The van der Waals surface area contributed by atoms with E-state index in [4.69, 9.17) is 31.1 Å². The second kappa shape index (κ2) is 10.2. The number of hydrogen-bond acceptors (Lipinski definition) is 9. The number of Topliss-reactive ketones (excluding diaryl/α,β-unsaturated/α-hetero) is 1. The van der Waals surface area contributed by atoms with Crippen LogP contribution in [-0.4, -0.2) is 27.2 Å². The zero-order chi connectivity index (χ0) is 30.8. The van der Waals surface area contributed by atoms with Crippen LogP contribution >= 0.6 is 11.3 Å². The van der Waals surface area contributed by atoms with Crippen molar-refractivity contribution in [3.05, 3.63) is 81.7 Å². The van der Waals surface area contributed by atoms with Crippen LogP contribution in [0, 0.1) is 6.92 Å². The van der Waals surface area contributed by atoms with E-state index in [1.807, 2.05) is 37.3 Å². The highest BCUT2D eigenvalue weighted by Crippen LogP contribution is 2.50. The molecule has 0 fully saturated rings. The van der Waals surface area contributed by atoms with Crippen LogP contribution in [0.3, 0.4) is 0 Å². The molecule has 3 aromatic carbocycles. The second-order valence-corrected chi connectivity index (χ2v) is 18.0. The SMILES string of the molecule is COC(=O)c1sc2c(N)ccc3c2c1C(N)C(=O)C3(N)c1ccc(Oc2ccccc2O[Si](C)(C)C(C)(C)C)cc1C. The zero-order valence-corrected chi connectivity index (χ0v) is 26.8. The summed E-state index contributed by atoms with van der Waals surface area (Å²) in [6.07, 6.45) is 0. The quantitative estimate of drug-likeness (QED) is 0.128. The summed E-state index contributed by atoms with van der Waals surface area (Å²) in [5, 5.41) is 0.653. The van der Waals surface area contributed by atoms with E-state index in [1.54, 1.807) is 24.3 Å². The standard InChI is InChI=1S/C32H37N3O5SSi/c1-17-16-18(39-22-10-8-9-11-23(22)40-42(6,7)31(2,3)4)12-13-19(17)32(35)20-14-15-21(33)27-24(20)25(26(34)29(32)36)28(41-27)30(37)38-5/h8-16,26H,33-35H2,1-7H3. The lowest BCUT2D eigenvalue weighted by Crippen LogP contribution is -2.52. The van der Waals surface area contributed by atoms with Crippen LogP contribution in [0.1, 0.15) is 58.7 Å². The van der Waals surface area contributed by atoms with Crippen molar-refractivity contribution in [3.8, 4) is 17.2 Å². The van der Waals surface area contributed by atoms with Crippen LogP contribution in [0.15, 0.2) is 54.6 Å². The molecule has 2 atom stereocenters. The van der Waals surface area contributed by atoms with Gasteiger partial charge in [0.25, 0.3) is 8.32 Å². The van der Waals surface area contributed by atoms with Crippen LogP contribution in [0.2, 0.25) is 18.1 Å². The van der Waals surface area contributed by atoms with Gasteiger partial charge in [0.05, 0.1) is 17.9 Å². The second-order valence-electron chi connectivity index (χ2n) is 12.3. The van der Waals surface area contributed by atoms with Gasteiger partial charge in [0.1, 0.15) is 21.9 Å². The van der Waals surface area contributed by atoms with Crippen LogP contribution in [0.25, 0.3) is 10.1 Å². The Morgan fingerprint density at radius 1 is 1.02 bits per heavy atom. The van der Waals surface area contributed by atoms with Gasteiger partial charge < -0.3 is 31.1 Å². The van der Waals surface area contributed by atoms with Gasteiger partial charge in [0, 0.05) is 16.6 Å². The molecular weight excluding hydrogens is 567 g/mol. The van der Waals surface area contributed by atoms with E-state index >= 15 is 0 Å². The van der Waals surface area contributed by atoms with E-state index < -0.39 is 31.7 Å². The Bertz CT molecular complexity index is 1740. The van der Waals surface area contributed by atoms with E-state index in [0.717, 1.165) is 16.9 Å². The fourth-order valence-corrected chi connectivity index (χ4v) is 7.46. The van der Waals surface area contributed by atoms with Gasteiger partial charge in [-0.25, -0.2) is 4.79 Å². The highest BCUT2D eigenvalue weighted by molar-refractivity contribution is 7.21. The molecule has 10 heteroatoms. The predicted octanol–water partition coefficient (Wildman–Crippen LogP) is 6.54. The van der Waals surface area contributed by atoms with Gasteiger partial charge in [-0.05, 0) is 72.1 Å². The van der Waals surface area contributed by atoms with Crippen molar-refractivity contribution in [2.75, 3.05) is 12.8 Å². The molecule has 0 aliphatic heterocycles. The van der Waals surface area contributed by atoms with Crippen molar-refractivity contribution < 1.29 is 23.5 Å². The number of nitrogens with two attached hydrogens (primary N) is 3. The fourth-order valence-electron chi connectivity index (χ4n) is 5.22. The molecule has 2 unspecified atom stereocenters. The molecule has 5 rings (SSSR count). The number of hydrogen-bond donors (Lipinski definition) is 3. The average Bonchev–Trinajstić information content (AvgIpc) is 3.33. The summed E-state index contributed by atoms with van der Waals surface area (Å²) in [6.45, 7) is 12.8. The maximum Gasteiger partial charge on any atom is 0.348 e. The number of aryl methyl sites for hydroxylation is 1. The normalized spacial score (nSPS) is 18.7. The molecule has 0 saturated carbocycles. The summed E-state index contributed by atoms with van der Waals surface area (Å²) in [5.74, 6) is 0.871. The summed E-state index contributed by atoms with van der Waals surface area (Å²) in [6, 6.07) is 15.4. The molecule has 1 aliphatic carbocycles. The molecule has 1 aromatic heterocycles. The topological polar surface area (TPSA) is 140 Å². The smallest absolute Gasteiger partial charge is 0.348 e. The van der Waals surface area contributed by atoms with Crippen molar-refractivity contribution in [1.82, 2.24) is 0 Å². The summed E-state index contributed by atoms with van der Waals surface area (Å²) in [7, 11) is -0.818. The van der Waals surface area contributed by atoms with E-state index in [9.17, 15) is 9.59 Å². The Morgan fingerprint density at radius 2 is 1.67 bits per heavy atom. The maximum absolute atomic E-state index is 14.0. The van der Waals surface area contributed by atoms with Crippen molar-refractivity contribution in [1.29, 1.82) is 0 Å². The molecule has 0 bridgehead atoms. The first-order valence-corrected chi connectivity index (χ1v) is 17.4. The molecular formula is C32H37N3O5SSi. The monoisotopic (exact) mass is 603 g/mol. The van der Waals surface area contributed by atoms with E-state index in [-0.39, 0.29) is 9.92 Å². The van der Waals surface area contributed by atoms with Crippen LogP contribution in [-0.2, 0) is 15.1 Å². The number of nitrogen functional groups attached to an aromatic ring is 1. The van der Waals surface area contributed by atoms with Crippen molar-refractivity contribution in [2.45, 2.75) is 57.4 Å². The number of carbonyl (C=O) groups excluding carboxylic acids is 2. The molecule has 0 amide bonds. The van der Waals surface area contributed by atoms with Crippen LogP contribution < -0.4 is 26.4 Å². The molecule has 0 radical (unpaired) electrons. The first kappa shape index (κ1) is 29.8. The molecule has 42 heavy (non-hydrogen) atoms. The summed E-state index contributed by atoms with van der Waals surface area (Å²) >= 11 is 1.16. The van der Waals surface area contributed by atoms with Crippen LogP contribution in [0.4, 0.5) is 5.69 Å². The van der Waals surface area contributed by atoms with Gasteiger partial charge in [-0.1, -0.05) is 45.0 Å². The molecule has 8 nitrogen and oxygen atoms in total. The highest BCUT2D eigenvalue weighted by Gasteiger charge is 2.49. The Kier molecular flexibility index (Phi) is 7.25. The van der Waals surface area contributed by atoms with E-state index in [2.05, 4.69) is 33.9 Å². The van der Waals surface area contributed by atoms with Gasteiger partial charge in [-0.2, -0.15) is 0 Å². The van der Waals surface area contributed by atoms with Gasteiger partial charge in [0.15, 0.2) is 11.5 Å². The summed E-state index contributed by atoms with van der Waals surface area (Å²) in [5.41, 5.74) is 21.1. The number of esters is 1. The lowest BCUT2D eigenvalue weighted by atomic mass is 9.69. The first-order chi connectivity index (χ1) is 19.6. The average molecular weight is 604 g/mol. The number of anilines is 1. The van der Waals surface area contributed by atoms with E-state index in [1.165, 1.54) is 7.11 Å². The number of rotatable bonds is 6. The molecule has 220 valence electrons. The third kappa shape index (κ3) is 4.59. The minimum Gasteiger partial charge on any atom is -0.541 e. The Hall–Kier alpha value is -3.70. The Morgan fingerprint density at radius 3 is 2.29 bits per heavy atom. The fraction of sp³-hybridized carbons (Fsp3) is 0.312. The zero-order valence-electron chi connectivity index (χ0n) is 25.0. The predicted molar refractivity (Wildman–Crippen MR) is 170 cm³/mol. The summed E-state index contributed by atoms with van der Waals surface area (Å²) < 4.78 is 18.5. The van der Waals surface area contributed by atoms with Gasteiger partial charge in [0.2, 0.25) is 0 Å². The summed E-state index contributed by atoms with van der Waals surface area (Å²) in [4.78, 5) is 26.9. The van der Waals surface area contributed by atoms with Crippen molar-refractivity contribution in [2.24, 2.45) is 11.5 Å². The Labute approximate surface area is 250 Å². The first-order valence-electron chi connectivity index (χ1n) is 13.7. The minimum absolute atomic E-state index is 0.0225. The number of ketones is 1. The lowest BCUT2D eigenvalue weighted by Gasteiger charge is -2.37. The third-order valence-corrected chi connectivity index (χ3v) is 14.1. The third-order valence-electron chi connectivity index (χ3n) is 8.55. The molecule has 4 aromatic rings. The molecule has 1 heterocycles. The number of ether oxygens (including phenoxy) is 2. The van der Waals surface area contributed by atoms with Crippen molar-refractivity contribution >= 4 is 47.2 Å². The number of carbonyl (C=O) groups is 2. The largest absolute Gasteiger partial charge is 0.541 e. The maximum atomic E-state index is 14.0. The van der Waals surface area contributed by atoms with Crippen LogP contribution in [0.5, 0.6) is 17.2 Å². The van der Waals surface area contributed by atoms with Crippen molar-refractivity contribution in [3.63, 3.8) is 0 Å². The molecule has 0 spiro atoms. The number of methoxy groups -OCH3 is 1. The number of para-hydroxylation sites is 2. The highest BCUT2D eigenvalue weighted by atomic mass is 32.1. The molecule has 6 N–H and O–H groups in total.